The highest BCUT2D eigenvalue weighted by Gasteiger charge is 2.06. The molecule has 0 radical (unpaired) electrons. The molecule has 0 atom stereocenters. The van der Waals surface area contributed by atoms with Gasteiger partial charge in [-0.1, -0.05) is 12.8 Å². The Bertz CT molecular complexity index is 497. The third-order valence-corrected chi connectivity index (χ3v) is 3.03. The van der Waals surface area contributed by atoms with E-state index < -0.39 is 11.9 Å². The molecule has 0 spiro atoms. The number of rotatable bonds is 9. The standard InChI is InChI=1S/C15H20N2O4/c16-14(20)11-6-8-12(9-7-11)15(21)17-10-4-2-1-3-5-13(18)19/h6-9H,1-5,10H2,(H2,16,20)(H,17,21)(H,18,19). The third kappa shape index (κ3) is 6.56. The minimum atomic E-state index is -0.775. The van der Waals surface area contributed by atoms with E-state index in [0.717, 1.165) is 19.3 Å². The topological polar surface area (TPSA) is 109 Å². The second-order valence-corrected chi connectivity index (χ2v) is 4.76. The number of aliphatic carboxylic acids is 1. The zero-order valence-corrected chi connectivity index (χ0v) is 11.8. The van der Waals surface area contributed by atoms with Crippen molar-refractivity contribution in [3.63, 3.8) is 0 Å². The van der Waals surface area contributed by atoms with Crippen molar-refractivity contribution in [3.05, 3.63) is 35.4 Å². The number of primary amides is 1. The zero-order valence-electron chi connectivity index (χ0n) is 11.8. The SMILES string of the molecule is NC(=O)c1ccc(C(=O)NCCCCCCC(=O)O)cc1. The van der Waals surface area contributed by atoms with Crippen LogP contribution in [0.1, 0.15) is 52.8 Å². The van der Waals surface area contributed by atoms with Crippen molar-refractivity contribution in [3.8, 4) is 0 Å². The summed E-state index contributed by atoms with van der Waals surface area (Å²) in [6, 6.07) is 6.15. The van der Waals surface area contributed by atoms with Crippen molar-refractivity contribution < 1.29 is 19.5 Å². The van der Waals surface area contributed by atoms with Gasteiger partial charge in [0.15, 0.2) is 0 Å². The van der Waals surface area contributed by atoms with Crippen LogP contribution in [0.25, 0.3) is 0 Å². The highest BCUT2D eigenvalue weighted by molar-refractivity contribution is 5.97. The summed E-state index contributed by atoms with van der Waals surface area (Å²) in [5.74, 6) is -1.50. The maximum absolute atomic E-state index is 11.8. The zero-order chi connectivity index (χ0) is 15.7. The van der Waals surface area contributed by atoms with Gasteiger partial charge in [0.1, 0.15) is 0 Å². The molecule has 0 saturated heterocycles. The van der Waals surface area contributed by atoms with Gasteiger partial charge in [0, 0.05) is 24.1 Å². The molecule has 0 fully saturated rings. The number of hydrogen-bond acceptors (Lipinski definition) is 3. The Balaban J connectivity index is 2.21. The van der Waals surface area contributed by atoms with Crippen molar-refractivity contribution in [1.82, 2.24) is 5.32 Å². The summed E-state index contributed by atoms with van der Waals surface area (Å²) < 4.78 is 0. The maximum atomic E-state index is 11.8. The van der Waals surface area contributed by atoms with E-state index in [2.05, 4.69) is 5.32 Å². The largest absolute Gasteiger partial charge is 0.481 e. The van der Waals surface area contributed by atoms with Crippen molar-refractivity contribution in [2.45, 2.75) is 32.1 Å². The predicted octanol–water partition coefficient (Wildman–Crippen LogP) is 1.55. The van der Waals surface area contributed by atoms with Crippen molar-refractivity contribution in [2.75, 3.05) is 6.54 Å². The Morgan fingerprint density at radius 2 is 1.52 bits per heavy atom. The van der Waals surface area contributed by atoms with Gasteiger partial charge in [0.2, 0.25) is 5.91 Å². The number of nitrogens with one attached hydrogen (secondary N) is 1. The van der Waals surface area contributed by atoms with Gasteiger partial charge in [0.05, 0.1) is 0 Å². The van der Waals surface area contributed by atoms with Gasteiger partial charge in [-0.3, -0.25) is 14.4 Å². The first-order chi connectivity index (χ1) is 10.0. The smallest absolute Gasteiger partial charge is 0.303 e. The molecule has 1 rings (SSSR count). The van der Waals surface area contributed by atoms with Crippen molar-refractivity contribution in [2.24, 2.45) is 5.73 Å². The minimum absolute atomic E-state index is 0.193. The molecule has 0 unspecified atom stereocenters. The van der Waals surface area contributed by atoms with E-state index in [1.165, 1.54) is 12.1 Å². The number of nitrogens with two attached hydrogens (primary N) is 1. The Kier molecular flexibility index (Phi) is 6.94. The summed E-state index contributed by atoms with van der Waals surface area (Å²) in [5, 5.41) is 11.3. The Morgan fingerprint density at radius 3 is 2.10 bits per heavy atom. The molecule has 0 heterocycles. The van der Waals surface area contributed by atoms with Gasteiger partial charge in [-0.15, -0.1) is 0 Å². The molecule has 21 heavy (non-hydrogen) atoms. The number of carbonyl (C=O) groups is 3. The second-order valence-electron chi connectivity index (χ2n) is 4.76. The second kappa shape index (κ2) is 8.73. The minimum Gasteiger partial charge on any atom is -0.481 e. The van der Waals surface area contributed by atoms with Crippen LogP contribution in [0.4, 0.5) is 0 Å². The Hall–Kier alpha value is -2.37. The molecule has 0 aromatic heterocycles. The van der Waals surface area contributed by atoms with Gasteiger partial charge >= 0.3 is 5.97 Å². The van der Waals surface area contributed by atoms with Crippen LogP contribution in [0.2, 0.25) is 0 Å². The number of amides is 2. The van der Waals surface area contributed by atoms with Crippen LogP contribution >= 0.6 is 0 Å². The maximum Gasteiger partial charge on any atom is 0.303 e. The van der Waals surface area contributed by atoms with Gasteiger partial charge < -0.3 is 16.2 Å². The molecule has 0 aliphatic carbocycles. The molecule has 0 bridgehead atoms. The van der Waals surface area contributed by atoms with E-state index in [0.29, 0.717) is 24.1 Å². The van der Waals surface area contributed by atoms with Crippen LogP contribution in [0.15, 0.2) is 24.3 Å². The Morgan fingerprint density at radius 1 is 0.952 bits per heavy atom. The number of carboxylic acids is 1. The number of carboxylic acid groups (broad SMARTS) is 1. The highest BCUT2D eigenvalue weighted by atomic mass is 16.4. The van der Waals surface area contributed by atoms with Crippen LogP contribution < -0.4 is 11.1 Å². The Labute approximate surface area is 123 Å². The number of carbonyl (C=O) groups excluding carboxylic acids is 2. The summed E-state index contributed by atoms with van der Waals surface area (Å²) in [6.07, 6.45) is 3.39. The van der Waals surface area contributed by atoms with Gasteiger partial charge in [-0.25, -0.2) is 0 Å². The van der Waals surface area contributed by atoms with Gasteiger partial charge in [-0.05, 0) is 37.1 Å². The molecule has 114 valence electrons. The van der Waals surface area contributed by atoms with E-state index >= 15 is 0 Å². The molecular formula is C15H20N2O4. The molecule has 1 aromatic carbocycles. The van der Waals surface area contributed by atoms with E-state index in [4.69, 9.17) is 10.8 Å². The first-order valence-corrected chi connectivity index (χ1v) is 6.90. The van der Waals surface area contributed by atoms with E-state index in [1.807, 2.05) is 0 Å². The molecule has 0 saturated carbocycles. The molecule has 6 heteroatoms. The van der Waals surface area contributed by atoms with Crippen LogP contribution in [0, 0.1) is 0 Å². The van der Waals surface area contributed by atoms with Crippen LogP contribution in [0.5, 0.6) is 0 Å². The first-order valence-electron chi connectivity index (χ1n) is 6.90. The van der Waals surface area contributed by atoms with Crippen LogP contribution in [-0.4, -0.2) is 29.4 Å². The molecule has 6 nitrogen and oxygen atoms in total. The lowest BCUT2D eigenvalue weighted by Gasteiger charge is -2.05. The van der Waals surface area contributed by atoms with Crippen LogP contribution in [0.3, 0.4) is 0 Å². The van der Waals surface area contributed by atoms with Crippen molar-refractivity contribution >= 4 is 17.8 Å². The first kappa shape index (κ1) is 16.7. The summed E-state index contributed by atoms with van der Waals surface area (Å²) in [4.78, 5) is 33.0. The lowest BCUT2D eigenvalue weighted by molar-refractivity contribution is -0.137. The van der Waals surface area contributed by atoms with E-state index in [9.17, 15) is 14.4 Å². The summed E-state index contributed by atoms with van der Waals surface area (Å²) in [7, 11) is 0. The summed E-state index contributed by atoms with van der Waals surface area (Å²) in [5.41, 5.74) is 5.96. The normalized spacial score (nSPS) is 10.1. The van der Waals surface area contributed by atoms with Gasteiger partial charge in [-0.2, -0.15) is 0 Å². The molecule has 0 aliphatic heterocycles. The van der Waals surface area contributed by atoms with E-state index in [1.54, 1.807) is 12.1 Å². The average Bonchev–Trinajstić information content (AvgIpc) is 2.45. The highest BCUT2D eigenvalue weighted by Crippen LogP contribution is 2.05. The lowest BCUT2D eigenvalue weighted by atomic mass is 10.1. The molecule has 2 amide bonds. The molecular weight excluding hydrogens is 272 g/mol. The van der Waals surface area contributed by atoms with Crippen molar-refractivity contribution in [1.29, 1.82) is 0 Å². The predicted molar refractivity (Wildman–Crippen MR) is 78.0 cm³/mol. The monoisotopic (exact) mass is 292 g/mol. The average molecular weight is 292 g/mol. The fourth-order valence-corrected chi connectivity index (χ4v) is 1.84. The number of benzene rings is 1. The number of hydrogen-bond donors (Lipinski definition) is 3. The van der Waals surface area contributed by atoms with Crippen LogP contribution in [-0.2, 0) is 4.79 Å². The molecule has 4 N–H and O–H groups in total. The quantitative estimate of drug-likeness (QED) is 0.600. The summed E-state index contributed by atoms with van der Waals surface area (Å²) in [6.45, 7) is 0.545. The summed E-state index contributed by atoms with van der Waals surface area (Å²) >= 11 is 0. The fraction of sp³-hybridized carbons (Fsp3) is 0.400. The number of unbranched alkanes of at least 4 members (excludes halogenated alkanes) is 3. The lowest BCUT2D eigenvalue weighted by Crippen LogP contribution is -2.24. The molecule has 0 aliphatic rings. The third-order valence-electron chi connectivity index (χ3n) is 3.03. The molecule has 1 aromatic rings. The van der Waals surface area contributed by atoms with Gasteiger partial charge in [0.25, 0.3) is 5.91 Å². The fourth-order valence-electron chi connectivity index (χ4n) is 1.84. The van der Waals surface area contributed by atoms with E-state index in [-0.39, 0.29) is 12.3 Å².